The average Bonchev–Trinajstić information content (AvgIpc) is 1.96. The van der Waals surface area contributed by atoms with Gasteiger partial charge in [-0.1, -0.05) is 0 Å². The van der Waals surface area contributed by atoms with Crippen LogP contribution in [0.5, 0.6) is 0 Å². The zero-order chi connectivity index (χ0) is 12.4. The Balaban J connectivity index is 2.42. The molecule has 16 heavy (non-hydrogen) atoms. The molecule has 0 amide bonds. The Kier molecular flexibility index (Phi) is 4.42. The summed E-state index contributed by atoms with van der Waals surface area (Å²) in [4.78, 5) is 2.29. The third-order valence-electron chi connectivity index (χ3n) is 3.49. The van der Waals surface area contributed by atoms with Crippen LogP contribution in [-0.2, 0) is 0 Å². The molecule has 0 unspecified atom stereocenters. The fourth-order valence-electron chi connectivity index (χ4n) is 3.43. The van der Waals surface area contributed by atoms with Gasteiger partial charge in [-0.25, -0.2) is 0 Å². The second kappa shape index (κ2) is 5.05. The lowest BCUT2D eigenvalue weighted by Crippen LogP contribution is -2.57. The molecule has 0 spiro atoms. The van der Waals surface area contributed by atoms with Gasteiger partial charge < -0.3 is 10.2 Å². The van der Waals surface area contributed by atoms with Crippen LogP contribution in [0.3, 0.4) is 0 Å². The first kappa shape index (κ1) is 14.0. The van der Waals surface area contributed by atoms with Crippen LogP contribution in [0.4, 0.5) is 0 Å². The van der Waals surface area contributed by atoms with Gasteiger partial charge in [0.25, 0.3) is 0 Å². The molecule has 0 atom stereocenters. The van der Waals surface area contributed by atoms with E-state index in [-0.39, 0.29) is 0 Å². The Labute approximate surface area is 102 Å². The molecule has 1 heterocycles. The molecule has 0 aromatic rings. The molecule has 0 saturated carbocycles. The summed E-state index contributed by atoms with van der Waals surface area (Å²) in [5.74, 6) is 0.895. The van der Waals surface area contributed by atoms with Crippen LogP contribution in [0.25, 0.3) is 0 Å². The van der Waals surface area contributed by atoms with E-state index in [2.05, 4.69) is 52.0 Å². The van der Waals surface area contributed by atoms with Crippen molar-refractivity contribution in [3.05, 3.63) is 0 Å². The van der Waals surface area contributed by atoms with Gasteiger partial charge in [-0.2, -0.15) is 0 Å². The summed E-state index contributed by atoms with van der Waals surface area (Å²) in [5, 5.41) is 3.75. The Morgan fingerprint density at radius 1 is 1.06 bits per heavy atom. The molecule has 0 aromatic carbocycles. The molecule has 2 nitrogen and oxygen atoms in total. The first-order chi connectivity index (χ1) is 7.20. The molecule has 2 heteroatoms. The largest absolute Gasteiger partial charge is 0.309 e. The molecular weight excluding hydrogens is 196 g/mol. The van der Waals surface area contributed by atoms with Gasteiger partial charge in [0.15, 0.2) is 0 Å². The van der Waals surface area contributed by atoms with E-state index in [1.54, 1.807) is 0 Å². The van der Waals surface area contributed by atoms with Crippen LogP contribution >= 0.6 is 0 Å². The van der Waals surface area contributed by atoms with E-state index in [0.29, 0.717) is 11.1 Å². The van der Waals surface area contributed by atoms with Crippen LogP contribution < -0.4 is 5.32 Å². The lowest BCUT2D eigenvalue weighted by molar-refractivity contribution is 0.121. The van der Waals surface area contributed by atoms with Crippen molar-refractivity contribution in [1.82, 2.24) is 10.2 Å². The second-order valence-corrected chi connectivity index (χ2v) is 7.11. The Bertz CT molecular complexity index is 203. The van der Waals surface area contributed by atoms with Crippen LogP contribution in [0.15, 0.2) is 0 Å². The molecule has 0 aromatic heterocycles. The fourth-order valence-corrected chi connectivity index (χ4v) is 3.43. The third kappa shape index (κ3) is 4.84. The van der Waals surface area contributed by atoms with Gasteiger partial charge in [0.2, 0.25) is 0 Å². The number of hydrogen-bond acceptors (Lipinski definition) is 2. The quantitative estimate of drug-likeness (QED) is 0.793. The maximum Gasteiger partial charge on any atom is 0.0132 e. The highest BCUT2D eigenvalue weighted by Gasteiger charge is 2.36. The third-order valence-corrected chi connectivity index (χ3v) is 3.49. The predicted molar refractivity (Wildman–Crippen MR) is 71.8 cm³/mol. The molecule has 1 N–H and O–H groups in total. The van der Waals surface area contributed by atoms with Gasteiger partial charge in [0, 0.05) is 11.1 Å². The summed E-state index contributed by atoms with van der Waals surface area (Å²) >= 11 is 0. The minimum atomic E-state index is 0.310. The zero-order valence-corrected chi connectivity index (χ0v) is 12.1. The summed E-state index contributed by atoms with van der Waals surface area (Å²) < 4.78 is 0. The highest BCUT2D eigenvalue weighted by atomic mass is 15.1. The zero-order valence-electron chi connectivity index (χ0n) is 12.1. The molecule has 1 aliphatic heterocycles. The molecule has 0 aliphatic carbocycles. The van der Waals surface area contributed by atoms with Crippen molar-refractivity contribution in [3.8, 4) is 0 Å². The predicted octanol–water partition coefficient (Wildman–Crippen LogP) is 2.89. The summed E-state index contributed by atoms with van der Waals surface area (Å²) in [6, 6.07) is 0. The van der Waals surface area contributed by atoms with E-state index in [4.69, 9.17) is 0 Å². The summed E-state index contributed by atoms with van der Waals surface area (Å²) in [6.07, 6.45) is 5.37. The van der Waals surface area contributed by atoms with Gasteiger partial charge >= 0.3 is 0 Å². The maximum atomic E-state index is 3.75. The van der Waals surface area contributed by atoms with Crippen molar-refractivity contribution in [2.45, 2.75) is 64.5 Å². The minimum Gasteiger partial charge on any atom is -0.309 e. The average molecular weight is 226 g/mol. The Hall–Kier alpha value is -0.0800. The first-order valence-electron chi connectivity index (χ1n) is 6.64. The standard InChI is InChI=1S/C14H30N2/c1-13(2)10-12(8-7-9-16(5)6)11-14(3,4)15-13/h12,15H,7-11H2,1-6H3. The van der Waals surface area contributed by atoms with Gasteiger partial charge in [-0.3, -0.25) is 0 Å². The van der Waals surface area contributed by atoms with E-state index < -0.39 is 0 Å². The second-order valence-electron chi connectivity index (χ2n) is 7.11. The number of rotatable bonds is 4. The van der Waals surface area contributed by atoms with Gasteiger partial charge in [0.05, 0.1) is 0 Å². The van der Waals surface area contributed by atoms with Gasteiger partial charge in [0.1, 0.15) is 0 Å². The summed E-state index contributed by atoms with van der Waals surface area (Å²) in [5.41, 5.74) is 0.620. The normalized spacial score (nSPS) is 24.9. The number of nitrogens with zero attached hydrogens (tertiary/aromatic N) is 1. The van der Waals surface area contributed by atoms with Crippen LogP contribution in [0, 0.1) is 5.92 Å². The van der Waals surface area contributed by atoms with Crippen LogP contribution in [0.2, 0.25) is 0 Å². The van der Waals surface area contributed by atoms with E-state index in [9.17, 15) is 0 Å². The maximum absolute atomic E-state index is 3.75. The highest BCUT2D eigenvalue weighted by molar-refractivity contribution is 4.96. The van der Waals surface area contributed by atoms with Crippen molar-refractivity contribution in [2.24, 2.45) is 5.92 Å². The van der Waals surface area contributed by atoms with Crippen LogP contribution in [-0.4, -0.2) is 36.6 Å². The summed E-state index contributed by atoms with van der Waals surface area (Å²) in [6.45, 7) is 10.6. The van der Waals surface area contributed by atoms with Gasteiger partial charge in [-0.15, -0.1) is 0 Å². The van der Waals surface area contributed by atoms with Crippen LogP contribution in [0.1, 0.15) is 53.4 Å². The number of piperidine rings is 1. The lowest BCUT2D eigenvalue weighted by atomic mass is 9.74. The number of hydrogen-bond donors (Lipinski definition) is 1. The lowest BCUT2D eigenvalue weighted by Gasteiger charge is -2.46. The van der Waals surface area contributed by atoms with E-state index in [0.717, 1.165) is 5.92 Å². The minimum absolute atomic E-state index is 0.310. The summed E-state index contributed by atoms with van der Waals surface area (Å²) in [7, 11) is 4.33. The molecule has 1 fully saturated rings. The van der Waals surface area contributed by atoms with E-state index in [1.807, 2.05) is 0 Å². The molecule has 1 saturated heterocycles. The van der Waals surface area contributed by atoms with E-state index >= 15 is 0 Å². The Morgan fingerprint density at radius 3 is 2.00 bits per heavy atom. The molecule has 0 bridgehead atoms. The molecule has 1 aliphatic rings. The van der Waals surface area contributed by atoms with Crippen molar-refractivity contribution in [2.75, 3.05) is 20.6 Å². The topological polar surface area (TPSA) is 15.3 Å². The first-order valence-corrected chi connectivity index (χ1v) is 6.64. The van der Waals surface area contributed by atoms with E-state index in [1.165, 1.54) is 32.2 Å². The van der Waals surface area contributed by atoms with Crippen molar-refractivity contribution in [1.29, 1.82) is 0 Å². The van der Waals surface area contributed by atoms with Crippen molar-refractivity contribution >= 4 is 0 Å². The van der Waals surface area contributed by atoms with Gasteiger partial charge in [-0.05, 0) is 79.9 Å². The van der Waals surface area contributed by atoms with Crippen molar-refractivity contribution in [3.63, 3.8) is 0 Å². The smallest absolute Gasteiger partial charge is 0.0132 e. The Morgan fingerprint density at radius 2 is 1.56 bits per heavy atom. The molecule has 96 valence electrons. The monoisotopic (exact) mass is 226 g/mol. The van der Waals surface area contributed by atoms with Crippen molar-refractivity contribution < 1.29 is 0 Å². The fraction of sp³-hybridized carbons (Fsp3) is 1.00. The SMILES string of the molecule is CN(C)CCCC1CC(C)(C)NC(C)(C)C1. The molecule has 1 rings (SSSR count). The molecular formula is C14H30N2. The molecule has 0 radical (unpaired) electrons. The highest BCUT2D eigenvalue weighted by Crippen LogP contribution is 2.35. The number of nitrogens with one attached hydrogen (secondary N) is 1.